The molecular weight excluding hydrogens is 365 g/mol. The number of hydrogen-bond donors (Lipinski definition) is 1. The summed E-state index contributed by atoms with van der Waals surface area (Å²) in [5.41, 5.74) is 3.24. The molecule has 1 fully saturated rings. The summed E-state index contributed by atoms with van der Waals surface area (Å²) in [5, 5.41) is 6.31. The number of halogens is 2. The van der Waals surface area contributed by atoms with Crippen LogP contribution in [0.1, 0.15) is 17.7 Å². The van der Waals surface area contributed by atoms with E-state index in [1.807, 2.05) is 10.3 Å². The van der Waals surface area contributed by atoms with Gasteiger partial charge in [0.1, 0.15) is 5.01 Å². The Kier molecular flexibility index (Phi) is 8.70. The highest BCUT2D eigenvalue weighted by atomic mass is 35.5. The average molecular weight is 388 g/mol. The van der Waals surface area contributed by atoms with Crippen molar-refractivity contribution >= 4 is 42.1 Å². The third-order valence-electron chi connectivity index (χ3n) is 3.88. The molecule has 1 N–H and O–H groups in total. The van der Waals surface area contributed by atoms with Gasteiger partial charge in [0.2, 0.25) is 5.91 Å². The Bertz CT molecular complexity index is 638. The second kappa shape index (κ2) is 9.99. The molecule has 1 aliphatic rings. The van der Waals surface area contributed by atoms with Gasteiger partial charge in [-0.15, -0.1) is 36.2 Å². The number of aryl methyl sites for hydroxylation is 1. The maximum Gasteiger partial charge on any atom is 0.228 e. The Labute approximate surface area is 159 Å². The van der Waals surface area contributed by atoms with Crippen molar-refractivity contribution in [3.63, 3.8) is 0 Å². The second-order valence-electron chi connectivity index (χ2n) is 5.67. The Balaban J connectivity index is 0.00000144. The molecule has 1 saturated heterocycles. The van der Waals surface area contributed by atoms with Crippen LogP contribution in [-0.4, -0.2) is 42.0 Å². The van der Waals surface area contributed by atoms with E-state index in [1.54, 1.807) is 11.3 Å². The molecule has 3 rings (SSSR count). The van der Waals surface area contributed by atoms with Crippen LogP contribution in [0, 0.1) is 6.92 Å². The molecule has 2 aromatic rings. The summed E-state index contributed by atoms with van der Waals surface area (Å²) in [4.78, 5) is 18.9. The van der Waals surface area contributed by atoms with Crippen LogP contribution < -0.4 is 5.32 Å². The molecule has 0 bridgehead atoms. The van der Waals surface area contributed by atoms with Gasteiger partial charge in [-0.2, -0.15) is 0 Å². The zero-order valence-corrected chi connectivity index (χ0v) is 16.1. The molecule has 0 unspecified atom stereocenters. The fraction of sp³-hybridized carbons (Fsp3) is 0.412. The van der Waals surface area contributed by atoms with Crippen LogP contribution in [0.4, 0.5) is 0 Å². The number of thiazole rings is 1. The minimum absolute atomic E-state index is 0. The van der Waals surface area contributed by atoms with E-state index in [1.165, 1.54) is 5.56 Å². The van der Waals surface area contributed by atoms with Crippen LogP contribution in [-0.2, 0) is 11.2 Å². The monoisotopic (exact) mass is 387 g/mol. The van der Waals surface area contributed by atoms with E-state index < -0.39 is 0 Å². The predicted molar refractivity (Wildman–Crippen MR) is 105 cm³/mol. The summed E-state index contributed by atoms with van der Waals surface area (Å²) in [6.45, 7) is 5.61. The topological polar surface area (TPSA) is 45.2 Å². The summed E-state index contributed by atoms with van der Waals surface area (Å²) >= 11 is 1.61. The molecule has 2 heterocycles. The molecule has 4 nitrogen and oxygen atoms in total. The number of amides is 1. The normalized spacial score (nSPS) is 14.3. The Morgan fingerprint density at radius 2 is 1.96 bits per heavy atom. The molecule has 0 radical (unpaired) electrons. The van der Waals surface area contributed by atoms with Crippen molar-refractivity contribution in [2.24, 2.45) is 0 Å². The third kappa shape index (κ3) is 5.45. The first-order valence-electron chi connectivity index (χ1n) is 7.72. The Morgan fingerprint density at radius 3 is 2.71 bits per heavy atom. The van der Waals surface area contributed by atoms with Crippen LogP contribution in [0.5, 0.6) is 0 Å². The number of rotatable bonds is 3. The first kappa shape index (κ1) is 20.9. The van der Waals surface area contributed by atoms with Crippen molar-refractivity contribution in [2.45, 2.75) is 19.8 Å². The van der Waals surface area contributed by atoms with E-state index >= 15 is 0 Å². The number of hydrogen-bond acceptors (Lipinski definition) is 4. The lowest BCUT2D eigenvalue weighted by molar-refractivity contribution is -0.130. The molecule has 132 valence electrons. The van der Waals surface area contributed by atoms with Gasteiger partial charge in [-0.1, -0.05) is 29.8 Å². The summed E-state index contributed by atoms with van der Waals surface area (Å²) in [5.74, 6) is 0.185. The lowest BCUT2D eigenvalue weighted by Crippen LogP contribution is -2.35. The van der Waals surface area contributed by atoms with E-state index in [-0.39, 0.29) is 30.7 Å². The van der Waals surface area contributed by atoms with Gasteiger partial charge >= 0.3 is 0 Å². The van der Waals surface area contributed by atoms with E-state index in [0.717, 1.165) is 48.9 Å². The van der Waals surface area contributed by atoms with Crippen molar-refractivity contribution in [3.8, 4) is 10.6 Å². The highest BCUT2D eigenvalue weighted by Gasteiger charge is 2.17. The number of benzene rings is 1. The molecule has 1 aromatic carbocycles. The predicted octanol–water partition coefficient (Wildman–Crippen LogP) is 3.33. The van der Waals surface area contributed by atoms with Crippen LogP contribution in [0.3, 0.4) is 0 Å². The van der Waals surface area contributed by atoms with E-state index in [4.69, 9.17) is 0 Å². The number of carbonyl (C=O) groups is 1. The van der Waals surface area contributed by atoms with Crippen molar-refractivity contribution in [1.82, 2.24) is 15.2 Å². The first-order valence-corrected chi connectivity index (χ1v) is 8.60. The van der Waals surface area contributed by atoms with Crippen molar-refractivity contribution in [2.75, 3.05) is 26.2 Å². The number of aromatic nitrogens is 1. The minimum atomic E-state index is 0. The molecule has 7 heteroatoms. The van der Waals surface area contributed by atoms with Gasteiger partial charge in [-0.05, 0) is 19.9 Å². The molecular formula is C17H23Cl2N3OS. The highest BCUT2D eigenvalue weighted by Crippen LogP contribution is 2.24. The standard InChI is InChI=1S/C17H21N3OS.2ClH/c1-13-3-5-14(6-4-13)17-19-15(12-22-17)11-16(21)20-9-2-7-18-8-10-20;;/h3-6,12,18H,2,7-11H2,1H3;2*1H. The summed E-state index contributed by atoms with van der Waals surface area (Å²) in [7, 11) is 0. The molecule has 0 saturated carbocycles. The molecule has 1 aliphatic heterocycles. The van der Waals surface area contributed by atoms with Gasteiger partial charge in [0.15, 0.2) is 0 Å². The molecule has 24 heavy (non-hydrogen) atoms. The second-order valence-corrected chi connectivity index (χ2v) is 6.53. The van der Waals surface area contributed by atoms with Gasteiger partial charge in [0, 0.05) is 30.6 Å². The van der Waals surface area contributed by atoms with Crippen molar-refractivity contribution in [1.29, 1.82) is 0 Å². The number of carbonyl (C=O) groups excluding carboxylic acids is 1. The van der Waals surface area contributed by atoms with Crippen LogP contribution in [0.2, 0.25) is 0 Å². The minimum Gasteiger partial charge on any atom is -0.341 e. The van der Waals surface area contributed by atoms with Gasteiger partial charge < -0.3 is 10.2 Å². The fourth-order valence-corrected chi connectivity index (χ4v) is 3.40. The zero-order valence-electron chi connectivity index (χ0n) is 13.7. The van der Waals surface area contributed by atoms with Crippen LogP contribution in [0.15, 0.2) is 29.6 Å². The van der Waals surface area contributed by atoms with Crippen LogP contribution in [0.25, 0.3) is 10.6 Å². The van der Waals surface area contributed by atoms with E-state index in [2.05, 4.69) is 41.5 Å². The molecule has 1 aromatic heterocycles. The third-order valence-corrected chi connectivity index (χ3v) is 4.82. The van der Waals surface area contributed by atoms with Gasteiger partial charge in [-0.3, -0.25) is 4.79 Å². The van der Waals surface area contributed by atoms with Gasteiger partial charge in [0.05, 0.1) is 12.1 Å². The summed E-state index contributed by atoms with van der Waals surface area (Å²) in [6, 6.07) is 8.35. The Hall–Kier alpha value is -1.14. The number of nitrogens with one attached hydrogen (secondary N) is 1. The van der Waals surface area contributed by atoms with Gasteiger partial charge in [0.25, 0.3) is 0 Å². The summed E-state index contributed by atoms with van der Waals surface area (Å²) < 4.78 is 0. The number of nitrogens with zero attached hydrogens (tertiary/aromatic N) is 2. The quantitative estimate of drug-likeness (QED) is 0.878. The fourth-order valence-electron chi connectivity index (χ4n) is 2.58. The van der Waals surface area contributed by atoms with E-state index in [9.17, 15) is 4.79 Å². The molecule has 0 spiro atoms. The zero-order chi connectivity index (χ0) is 15.4. The molecule has 1 amide bonds. The largest absolute Gasteiger partial charge is 0.341 e. The maximum absolute atomic E-state index is 12.4. The molecule has 0 atom stereocenters. The lowest BCUT2D eigenvalue weighted by Gasteiger charge is -2.19. The maximum atomic E-state index is 12.4. The Morgan fingerprint density at radius 1 is 1.21 bits per heavy atom. The first-order chi connectivity index (χ1) is 10.7. The average Bonchev–Trinajstić information content (AvgIpc) is 2.81. The van der Waals surface area contributed by atoms with Gasteiger partial charge in [-0.25, -0.2) is 4.98 Å². The van der Waals surface area contributed by atoms with E-state index in [0.29, 0.717) is 6.42 Å². The molecule has 0 aliphatic carbocycles. The SMILES string of the molecule is Cc1ccc(-c2nc(CC(=O)N3CCCNCC3)cs2)cc1.Cl.Cl. The lowest BCUT2D eigenvalue weighted by atomic mass is 10.2. The highest BCUT2D eigenvalue weighted by molar-refractivity contribution is 7.13. The smallest absolute Gasteiger partial charge is 0.228 e. The van der Waals surface area contributed by atoms with Crippen molar-refractivity contribution < 1.29 is 4.79 Å². The van der Waals surface area contributed by atoms with Crippen LogP contribution >= 0.6 is 36.2 Å². The van der Waals surface area contributed by atoms with Crippen molar-refractivity contribution in [3.05, 3.63) is 40.9 Å². The summed E-state index contributed by atoms with van der Waals surface area (Å²) in [6.07, 6.45) is 1.43.